The number of benzene rings is 2. The normalized spacial score (nSPS) is 30.0. The zero-order chi connectivity index (χ0) is 34.8. The van der Waals surface area contributed by atoms with Gasteiger partial charge in [0.05, 0.1) is 36.9 Å². The first kappa shape index (κ1) is 34.0. The van der Waals surface area contributed by atoms with E-state index in [9.17, 15) is 26.8 Å². The lowest BCUT2D eigenvalue weighted by atomic mass is 9.68. The van der Waals surface area contributed by atoms with Crippen molar-refractivity contribution in [3.05, 3.63) is 64.7 Å². The Morgan fingerprint density at radius 2 is 1.90 bits per heavy atom. The molecule has 0 unspecified atom stereocenters. The predicted molar refractivity (Wildman–Crippen MR) is 178 cm³/mol. The Kier molecular flexibility index (Phi) is 8.63. The summed E-state index contributed by atoms with van der Waals surface area (Å²) in [7, 11) is -4.29. The Bertz CT molecular complexity index is 1800. The van der Waals surface area contributed by atoms with Gasteiger partial charge >= 0.3 is 6.09 Å². The van der Waals surface area contributed by atoms with E-state index >= 15 is 0 Å². The highest BCUT2D eigenvalue weighted by atomic mass is 35.5. The molecule has 14 heteroatoms. The van der Waals surface area contributed by atoms with Crippen molar-refractivity contribution in [3.63, 3.8) is 0 Å². The quantitative estimate of drug-likeness (QED) is 0.387. The van der Waals surface area contributed by atoms with Crippen LogP contribution in [0.15, 0.2) is 53.4 Å². The fourth-order valence-electron chi connectivity index (χ4n) is 7.72. The van der Waals surface area contributed by atoms with Crippen molar-refractivity contribution in [2.24, 2.45) is 11.8 Å². The Morgan fingerprint density at radius 3 is 2.63 bits per heavy atom. The molecule has 7 rings (SSSR count). The number of nitrogens with zero attached hydrogens (tertiary/aromatic N) is 2. The molecule has 2 aromatic rings. The van der Waals surface area contributed by atoms with Crippen LogP contribution in [0.25, 0.3) is 0 Å². The van der Waals surface area contributed by atoms with Crippen molar-refractivity contribution >= 4 is 39.3 Å². The van der Waals surface area contributed by atoms with Crippen molar-refractivity contribution in [2.45, 2.75) is 73.9 Å². The number of hydrogen-bond acceptors (Lipinski definition) is 8. The number of ether oxygens (including phenoxy) is 3. The van der Waals surface area contributed by atoms with E-state index in [-0.39, 0.29) is 23.3 Å². The lowest BCUT2D eigenvalue weighted by Gasteiger charge is -2.46. The molecule has 2 amide bonds. The molecule has 1 saturated heterocycles. The van der Waals surface area contributed by atoms with Crippen LogP contribution in [0, 0.1) is 11.8 Å². The molecule has 1 N–H and O–H groups in total. The molecule has 1 spiro atoms. The molecule has 49 heavy (non-hydrogen) atoms. The predicted octanol–water partition coefficient (Wildman–Crippen LogP) is 5.47. The molecule has 3 heterocycles. The summed E-state index contributed by atoms with van der Waals surface area (Å²) in [6.07, 6.45) is 5.98. The first-order valence-electron chi connectivity index (χ1n) is 16.7. The lowest BCUT2D eigenvalue weighted by molar-refractivity contribution is -0.139. The molecule has 2 aromatic carbocycles. The van der Waals surface area contributed by atoms with Gasteiger partial charge in [0.1, 0.15) is 17.5 Å². The summed E-state index contributed by atoms with van der Waals surface area (Å²) in [4.78, 5) is 29.2. The lowest BCUT2D eigenvalue weighted by Crippen LogP contribution is -2.59. The van der Waals surface area contributed by atoms with E-state index in [0.717, 1.165) is 48.1 Å². The highest BCUT2D eigenvalue weighted by molar-refractivity contribution is 7.90. The largest absolute Gasteiger partial charge is 0.490 e. The molecule has 0 radical (unpaired) electrons. The van der Waals surface area contributed by atoms with Crippen LogP contribution in [0.5, 0.6) is 5.75 Å². The van der Waals surface area contributed by atoms with Gasteiger partial charge in [-0.05, 0) is 99.4 Å². The highest BCUT2D eigenvalue weighted by Crippen LogP contribution is 2.47. The van der Waals surface area contributed by atoms with Crippen LogP contribution >= 0.6 is 11.6 Å². The number of likely N-dealkylation sites (tertiary alicyclic amines) is 1. The monoisotopic (exact) mass is 719 g/mol. The standard InChI is InChI=1S/C35H40ClF2N3O7S/c1-33(2)31(42)39-49(44,45)25-9-12-30-28(16-25)40(18-34(21-46-30)13-3-5-22-15-24(36)8-11-27(22)34)17-23-7-10-26(23)29(6-4-14-47-33)48-32(43)41-19-35(37,38)20-41/h4,6,8-9,11-12,15-16,23,26,29H,3,5,7,10,13-14,17-21H2,1-2H3,(H,39,42)/t23-,26+,29-,34-/m0/s1. The van der Waals surface area contributed by atoms with Crippen molar-refractivity contribution in [1.82, 2.24) is 9.62 Å². The topological polar surface area (TPSA) is 114 Å². The third-order valence-electron chi connectivity index (χ3n) is 10.7. The third kappa shape index (κ3) is 6.61. The Hall–Kier alpha value is -3.42. The second-order valence-corrected chi connectivity index (χ2v) is 16.6. The summed E-state index contributed by atoms with van der Waals surface area (Å²) in [6.45, 7) is 2.85. The van der Waals surface area contributed by atoms with Crippen molar-refractivity contribution < 1.29 is 41.0 Å². The number of hydrogen-bond donors (Lipinski definition) is 1. The summed E-state index contributed by atoms with van der Waals surface area (Å²) >= 11 is 6.40. The molecular weight excluding hydrogens is 680 g/mol. The maximum absolute atomic E-state index is 13.6. The van der Waals surface area contributed by atoms with Gasteiger partial charge in [0.2, 0.25) is 0 Å². The number of halogens is 3. The number of rotatable bonds is 1. The Labute approximate surface area is 289 Å². The van der Waals surface area contributed by atoms with Crippen LogP contribution in [-0.2, 0) is 36.1 Å². The molecule has 2 fully saturated rings. The van der Waals surface area contributed by atoms with Gasteiger partial charge in [-0.25, -0.2) is 26.7 Å². The molecule has 2 aliphatic carbocycles. The molecule has 4 atom stereocenters. The SMILES string of the molecule is CC1(C)OCC=C[C@H](OC(=O)N2CC(F)(F)C2)[C@@H]2CC[C@H]2CN2C[C@@]3(CCCc4cc(Cl)ccc43)COc3ccc(cc32)S(=O)(=O)NC1=O. The molecule has 5 aliphatic rings. The number of amides is 2. The zero-order valence-electron chi connectivity index (χ0n) is 27.4. The van der Waals surface area contributed by atoms with E-state index in [0.29, 0.717) is 36.2 Å². The number of carbonyl (C=O) groups excluding carboxylic acids is 2. The van der Waals surface area contributed by atoms with Gasteiger partial charge in [-0.3, -0.25) is 9.69 Å². The van der Waals surface area contributed by atoms with Crippen molar-refractivity contribution in [2.75, 3.05) is 44.3 Å². The fourth-order valence-corrected chi connectivity index (χ4v) is 9.03. The molecular formula is C35H40ClF2N3O7S. The van der Waals surface area contributed by atoms with Gasteiger partial charge in [-0.15, -0.1) is 0 Å². The third-order valence-corrected chi connectivity index (χ3v) is 12.2. The molecule has 264 valence electrons. The van der Waals surface area contributed by atoms with Crippen LogP contribution in [0.1, 0.15) is 50.7 Å². The highest BCUT2D eigenvalue weighted by Gasteiger charge is 2.49. The molecule has 10 nitrogen and oxygen atoms in total. The Morgan fingerprint density at radius 1 is 1.10 bits per heavy atom. The summed E-state index contributed by atoms with van der Waals surface area (Å²) < 4.78 is 74.7. The maximum Gasteiger partial charge on any atom is 0.410 e. The second-order valence-electron chi connectivity index (χ2n) is 14.5. The maximum atomic E-state index is 13.6. The molecule has 3 aliphatic heterocycles. The smallest absolute Gasteiger partial charge is 0.410 e. The number of anilines is 1. The van der Waals surface area contributed by atoms with Gasteiger partial charge < -0.3 is 19.1 Å². The van der Waals surface area contributed by atoms with Gasteiger partial charge in [0, 0.05) is 29.4 Å². The van der Waals surface area contributed by atoms with Gasteiger partial charge in [0.15, 0.2) is 0 Å². The van der Waals surface area contributed by atoms with Gasteiger partial charge in [-0.2, -0.15) is 0 Å². The number of alkyl halides is 2. The second kappa shape index (κ2) is 12.4. The van der Waals surface area contributed by atoms with E-state index < -0.39 is 58.2 Å². The first-order valence-corrected chi connectivity index (χ1v) is 18.5. The number of aryl methyl sites for hydroxylation is 1. The van der Waals surface area contributed by atoms with E-state index in [4.69, 9.17) is 25.8 Å². The summed E-state index contributed by atoms with van der Waals surface area (Å²) in [5.41, 5.74) is 0.937. The van der Waals surface area contributed by atoms with Crippen molar-refractivity contribution in [3.8, 4) is 5.75 Å². The minimum Gasteiger partial charge on any atom is -0.490 e. The van der Waals surface area contributed by atoms with E-state index in [1.807, 2.05) is 12.1 Å². The number of carbonyl (C=O) groups is 2. The van der Waals surface area contributed by atoms with Crippen LogP contribution in [0.2, 0.25) is 5.02 Å². The summed E-state index contributed by atoms with van der Waals surface area (Å²) in [6, 6.07) is 10.6. The molecule has 0 aromatic heterocycles. The summed E-state index contributed by atoms with van der Waals surface area (Å²) in [5.74, 6) is -3.39. The van der Waals surface area contributed by atoms with Gasteiger partial charge in [0.25, 0.3) is 21.9 Å². The summed E-state index contributed by atoms with van der Waals surface area (Å²) in [5, 5.41) is 0.664. The average molecular weight is 720 g/mol. The minimum absolute atomic E-state index is 0.0155. The van der Waals surface area contributed by atoms with Crippen molar-refractivity contribution in [1.29, 1.82) is 0 Å². The van der Waals surface area contributed by atoms with Crippen LogP contribution in [0.4, 0.5) is 19.3 Å². The molecule has 1 saturated carbocycles. The first-order chi connectivity index (χ1) is 23.1. The number of nitrogens with one attached hydrogen (secondary N) is 1. The number of sulfonamides is 1. The fraction of sp³-hybridized carbons (Fsp3) is 0.543. The zero-order valence-corrected chi connectivity index (χ0v) is 29.0. The average Bonchev–Trinajstić information content (AvgIpc) is 3.16. The van der Waals surface area contributed by atoms with Gasteiger partial charge in [-0.1, -0.05) is 23.7 Å². The van der Waals surface area contributed by atoms with E-state index in [1.54, 1.807) is 24.3 Å². The minimum atomic E-state index is -4.29. The van der Waals surface area contributed by atoms with Crippen LogP contribution in [-0.4, -0.2) is 82.3 Å². The van der Waals surface area contributed by atoms with E-state index in [1.165, 1.54) is 19.9 Å². The van der Waals surface area contributed by atoms with Crippen LogP contribution in [0.3, 0.4) is 0 Å². The Balaban J connectivity index is 1.27. The molecule has 2 bridgehead atoms. The van der Waals surface area contributed by atoms with E-state index in [2.05, 4.69) is 15.7 Å². The number of fused-ring (bicyclic) bond motifs is 4. The van der Waals surface area contributed by atoms with Crippen LogP contribution < -0.4 is 14.4 Å².